The van der Waals surface area contributed by atoms with Crippen LogP contribution in [-0.4, -0.2) is 83.7 Å². The summed E-state index contributed by atoms with van der Waals surface area (Å²) in [5, 5.41) is 5.19. The zero-order valence-electron chi connectivity index (χ0n) is 21.2. The van der Waals surface area contributed by atoms with Crippen LogP contribution < -0.4 is 21.7 Å². The first-order valence-corrected chi connectivity index (χ1v) is 13.2. The number of imide groups is 1. The highest BCUT2D eigenvalue weighted by Crippen LogP contribution is 2.13. The Bertz CT molecular complexity index is 1020. The molecule has 0 aliphatic carbocycles. The van der Waals surface area contributed by atoms with Crippen LogP contribution in [0.5, 0.6) is 0 Å². The second-order valence-electron chi connectivity index (χ2n) is 9.24. The van der Waals surface area contributed by atoms with Crippen molar-refractivity contribution in [1.29, 1.82) is 0 Å². The molecule has 3 atom stereocenters. The topological polar surface area (TPSA) is 222 Å². The Morgan fingerprint density at radius 1 is 0.973 bits per heavy atom. The standard InChI is InChI=1S/C22H35N5O9S/c1-12(2)18(21(32)25-14(19(30)13(3)4)6-5-10-24-22(23)33)26-20(31)15(37(34,35)36)9-11-27-16(28)7-8-17(27)29/h7-8,12-15,18H,5-6,9-11H2,1-4H3,(H,25,32)(H,26,31)(H3,23,24,33)(H,34,35,36)/t14-,15+,18-/m0/s1. The van der Waals surface area contributed by atoms with Gasteiger partial charge in [-0.3, -0.25) is 33.4 Å². The Morgan fingerprint density at radius 2 is 1.54 bits per heavy atom. The number of rotatable bonds is 15. The predicted molar refractivity (Wildman–Crippen MR) is 131 cm³/mol. The first kappa shape index (κ1) is 31.7. The lowest BCUT2D eigenvalue weighted by atomic mass is 9.96. The van der Waals surface area contributed by atoms with Crippen LogP contribution in [0.4, 0.5) is 4.79 Å². The average molecular weight is 546 g/mol. The van der Waals surface area contributed by atoms with Crippen LogP contribution in [0.15, 0.2) is 12.2 Å². The second kappa shape index (κ2) is 13.8. The van der Waals surface area contributed by atoms with Crippen molar-refractivity contribution >= 4 is 45.6 Å². The first-order chi connectivity index (χ1) is 17.1. The van der Waals surface area contributed by atoms with E-state index in [0.717, 1.165) is 12.2 Å². The third-order valence-corrected chi connectivity index (χ3v) is 6.78. The fraction of sp³-hybridized carbons (Fsp3) is 0.636. The highest BCUT2D eigenvalue weighted by Gasteiger charge is 2.37. The monoisotopic (exact) mass is 545 g/mol. The van der Waals surface area contributed by atoms with E-state index in [2.05, 4.69) is 16.0 Å². The number of nitrogens with one attached hydrogen (secondary N) is 3. The summed E-state index contributed by atoms with van der Waals surface area (Å²) in [4.78, 5) is 73.5. The number of hydrogen-bond donors (Lipinski definition) is 5. The van der Waals surface area contributed by atoms with Crippen molar-refractivity contribution in [3.05, 3.63) is 12.2 Å². The largest absolute Gasteiger partial charge is 0.352 e. The summed E-state index contributed by atoms with van der Waals surface area (Å²) >= 11 is 0. The Balaban J connectivity index is 2.97. The number of amides is 6. The number of carbonyl (C=O) groups is 6. The molecule has 1 heterocycles. The van der Waals surface area contributed by atoms with Crippen molar-refractivity contribution in [2.45, 2.75) is 64.3 Å². The number of ketones is 1. The molecular weight excluding hydrogens is 510 g/mol. The molecule has 0 saturated heterocycles. The lowest BCUT2D eigenvalue weighted by Crippen LogP contribution is -2.56. The SMILES string of the molecule is CC(C)C(=O)[C@H](CCCNC(N)=O)NC(=O)[C@@H](NC(=O)[C@@H](CCN1C(=O)C=CC1=O)S(=O)(=O)O)C(C)C. The lowest BCUT2D eigenvalue weighted by molar-refractivity contribution is -0.137. The maximum Gasteiger partial charge on any atom is 0.312 e. The molecule has 14 nitrogen and oxygen atoms in total. The van der Waals surface area contributed by atoms with Gasteiger partial charge in [-0.05, 0) is 25.2 Å². The van der Waals surface area contributed by atoms with Gasteiger partial charge in [0.05, 0.1) is 6.04 Å². The molecule has 0 spiro atoms. The van der Waals surface area contributed by atoms with E-state index in [9.17, 15) is 41.7 Å². The van der Waals surface area contributed by atoms with E-state index in [1.807, 2.05) is 0 Å². The third kappa shape index (κ3) is 9.92. The minimum atomic E-state index is -4.97. The van der Waals surface area contributed by atoms with Gasteiger partial charge >= 0.3 is 6.03 Å². The van der Waals surface area contributed by atoms with Gasteiger partial charge in [0.2, 0.25) is 11.8 Å². The minimum absolute atomic E-state index is 0.168. The second-order valence-corrected chi connectivity index (χ2v) is 10.8. The predicted octanol–water partition coefficient (Wildman–Crippen LogP) is -1.14. The summed E-state index contributed by atoms with van der Waals surface area (Å²) in [5.74, 6) is -4.62. The van der Waals surface area contributed by atoms with Gasteiger partial charge in [0.1, 0.15) is 6.04 Å². The Morgan fingerprint density at radius 3 is 2.00 bits per heavy atom. The minimum Gasteiger partial charge on any atom is -0.352 e. The van der Waals surface area contributed by atoms with Crippen LogP contribution in [0.3, 0.4) is 0 Å². The number of Topliss-reactive ketones (excluding diaryl/α,β-unsaturated/α-hetero) is 1. The summed E-state index contributed by atoms with van der Waals surface area (Å²) < 4.78 is 33.4. The van der Waals surface area contributed by atoms with Crippen molar-refractivity contribution in [1.82, 2.24) is 20.9 Å². The number of urea groups is 1. The van der Waals surface area contributed by atoms with Crippen LogP contribution in [-0.2, 0) is 34.1 Å². The lowest BCUT2D eigenvalue weighted by Gasteiger charge is -2.27. The Kier molecular flexibility index (Phi) is 11.9. The van der Waals surface area contributed by atoms with Gasteiger partial charge in [0.15, 0.2) is 11.0 Å². The zero-order valence-corrected chi connectivity index (χ0v) is 22.0. The molecule has 0 saturated carbocycles. The van der Waals surface area contributed by atoms with Gasteiger partial charge in [-0.15, -0.1) is 0 Å². The molecular formula is C22H35N5O9S. The summed E-state index contributed by atoms with van der Waals surface area (Å²) in [5.41, 5.74) is 5.02. The fourth-order valence-electron chi connectivity index (χ4n) is 3.56. The van der Waals surface area contributed by atoms with Gasteiger partial charge in [-0.25, -0.2) is 4.79 Å². The molecule has 0 aromatic heterocycles. The van der Waals surface area contributed by atoms with Gasteiger partial charge in [-0.1, -0.05) is 27.7 Å². The molecule has 0 fully saturated rings. The number of hydrogen-bond acceptors (Lipinski definition) is 8. The normalized spacial score (nSPS) is 16.0. The maximum atomic E-state index is 13.0. The summed E-state index contributed by atoms with van der Waals surface area (Å²) in [7, 11) is -4.97. The number of nitrogens with two attached hydrogens (primary N) is 1. The number of carbonyl (C=O) groups excluding carboxylic acids is 6. The van der Waals surface area contributed by atoms with E-state index in [-0.39, 0.29) is 18.7 Å². The third-order valence-electron chi connectivity index (χ3n) is 5.61. The zero-order chi connectivity index (χ0) is 28.5. The summed E-state index contributed by atoms with van der Waals surface area (Å²) in [6, 6.07) is -2.96. The fourth-order valence-corrected chi connectivity index (χ4v) is 4.30. The molecule has 1 aliphatic heterocycles. The Labute approximate surface area is 215 Å². The maximum absolute atomic E-state index is 13.0. The van der Waals surface area contributed by atoms with Gasteiger partial charge in [0, 0.05) is 31.2 Å². The van der Waals surface area contributed by atoms with Crippen LogP contribution in [0.25, 0.3) is 0 Å². The quantitative estimate of drug-likeness (QED) is 0.0951. The Hall–Kier alpha value is -3.33. The molecule has 0 unspecified atom stereocenters. The molecule has 208 valence electrons. The van der Waals surface area contributed by atoms with Crippen molar-refractivity contribution < 1.29 is 41.7 Å². The van der Waals surface area contributed by atoms with E-state index in [0.29, 0.717) is 11.3 Å². The highest BCUT2D eigenvalue weighted by atomic mass is 32.2. The molecule has 0 aromatic carbocycles. The van der Waals surface area contributed by atoms with E-state index in [1.165, 1.54) is 0 Å². The van der Waals surface area contributed by atoms with Gasteiger partial charge in [0.25, 0.3) is 21.9 Å². The summed E-state index contributed by atoms with van der Waals surface area (Å²) in [6.45, 7) is 6.17. The molecule has 6 amide bonds. The molecule has 1 aliphatic rings. The van der Waals surface area contributed by atoms with E-state index < -0.39 is 81.9 Å². The smallest absolute Gasteiger partial charge is 0.312 e. The molecule has 37 heavy (non-hydrogen) atoms. The molecule has 1 rings (SSSR count). The van der Waals surface area contributed by atoms with E-state index >= 15 is 0 Å². The number of primary amides is 1. The van der Waals surface area contributed by atoms with E-state index in [1.54, 1.807) is 27.7 Å². The van der Waals surface area contributed by atoms with Crippen LogP contribution in [0.1, 0.15) is 47.0 Å². The van der Waals surface area contributed by atoms with E-state index in [4.69, 9.17) is 5.73 Å². The van der Waals surface area contributed by atoms with Crippen molar-refractivity contribution in [2.75, 3.05) is 13.1 Å². The average Bonchev–Trinajstić information content (AvgIpc) is 3.09. The summed E-state index contributed by atoms with van der Waals surface area (Å²) in [6.07, 6.45) is 1.86. The number of nitrogens with zero attached hydrogens (tertiary/aromatic N) is 1. The molecule has 0 radical (unpaired) electrons. The van der Waals surface area contributed by atoms with Gasteiger partial charge in [-0.2, -0.15) is 8.42 Å². The first-order valence-electron chi connectivity index (χ1n) is 11.7. The van der Waals surface area contributed by atoms with Crippen LogP contribution >= 0.6 is 0 Å². The van der Waals surface area contributed by atoms with Crippen molar-refractivity contribution in [3.8, 4) is 0 Å². The van der Waals surface area contributed by atoms with Crippen LogP contribution in [0, 0.1) is 11.8 Å². The molecule has 0 bridgehead atoms. The van der Waals surface area contributed by atoms with Crippen molar-refractivity contribution in [3.63, 3.8) is 0 Å². The molecule has 6 N–H and O–H groups in total. The molecule has 15 heteroatoms. The van der Waals surface area contributed by atoms with Gasteiger partial charge < -0.3 is 21.7 Å². The molecule has 0 aromatic rings. The van der Waals surface area contributed by atoms with Crippen molar-refractivity contribution in [2.24, 2.45) is 17.6 Å². The highest BCUT2D eigenvalue weighted by molar-refractivity contribution is 7.87. The van der Waals surface area contributed by atoms with Crippen LogP contribution in [0.2, 0.25) is 0 Å².